The number of carbonyl (C=O) groups is 1. The fourth-order valence-electron chi connectivity index (χ4n) is 3.24. The van der Waals surface area contributed by atoms with Crippen LogP contribution in [-0.2, 0) is 23.0 Å². The number of amides is 1. The van der Waals surface area contributed by atoms with Gasteiger partial charge in [-0.1, -0.05) is 72.8 Å². The van der Waals surface area contributed by atoms with Crippen LogP contribution < -0.4 is 10.1 Å². The second kappa shape index (κ2) is 10.0. The van der Waals surface area contributed by atoms with E-state index in [4.69, 9.17) is 4.74 Å². The molecule has 0 saturated heterocycles. The lowest BCUT2D eigenvalue weighted by molar-refractivity contribution is 0.0951. The highest BCUT2D eigenvalue weighted by molar-refractivity contribution is 7.90. The molecule has 5 nitrogen and oxygen atoms in total. The third kappa shape index (κ3) is 5.88. The first kappa shape index (κ1) is 22.8. The van der Waals surface area contributed by atoms with Crippen LogP contribution in [0.1, 0.15) is 20.8 Å². The van der Waals surface area contributed by atoms with Gasteiger partial charge in [-0.25, -0.2) is 8.42 Å². The molecule has 0 saturated carbocycles. The number of sulfone groups is 1. The summed E-state index contributed by atoms with van der Waals surface area (Å²) < 4.78 is 29.3. The Hall–Kier alpha value is -3.42. The van der Waals surface area contributed by atoms with Gasteiger partial charge in [0.1, 0.15) is 17.2 Å². The second-order valence-corrected chi connectivity index (χ2v) is 10.6. The molecular weight excluding hydrogens is 454 g/mol. The summed E-state index contributed by atoms with van der Waals surface area (Å²) in [7, 11) is -3.25. The van der Waals surface area contributed by atoms with E-state index in [1.807, 2.05) is 66.7 Å². The van der Waals surface area contributed by atoms with E-state index in [9.17, 15) is 13.2 Å². The zero-order valence-electron chi connectivity index (χ0n) is 18.0. The van der Waals surface area contributed by atoms with Gasteiger partial charge in [0.15, 0.2) is 9.84 Å². The van der Waals surface area contributed by atoms with E-state index in [1.54, 1.807) is 24.3 Å². The van der Waals surface area contributed by atoms with Crippen molar-refractivity contribution in [2.45, 2.75) is 18.0 Å². The zero-order valence-corrected chi connectivity index (χ0v) is 19.7. The SMILES string of the molecule is CS(=O)(=O)c1ccc(CNC(=O)c2sc(-c3ccccc3)cc2OCc2ccccc2)cc1. The fraction of sp³-hybridized carbons (Fsp3) is 0.115. The second-order valence-electron chi connectivity index (χ2n) is 7.54. The monoisotopic (exact) mass is 477 g/mol. The molecule has 1 amide bonds. The Kier molecular flexibility index (Phi) is 6.91. The molecule has 168 valence electrons. The summed E-state index contributed by atoms with van der Waals surface area (Å²) in [6.45, 7) is 0.638. The van der Waals surface area contributed by atoms with Gasteiger partial charge in [0.2, 0.25) is 0 Å². The minimum atomic E-state index is -3.25. The van der Waals surface area contributed by atoms with E-state index in [-0.39, 0.29) is 17.3 Å². The van der Waals surface area contributed by atoms with Crippen molar-refractivity contribution in [2.75, 3.05) is 6.26 Å². The van der Waals surface area contributed by atoms with E-state index in [1.165, 1.54) is 17.6 Å². The van der Waals surface area contributed by atoms with Crippen LogP contribution in [-0.4, -0.2) is 20.6 Å². The van der Waals surface area contributed by atoms with Gasteiger partial charge in [-0.2, -0.15) is 0 Å². The van der Waals surface area contributed by atoms with Crippen LogP contribution in [0.25, 0.3) is 10.4 Å². The number of ether oxygens (including phenoxy) is 1. The third-order valence-corrected chi connectivity index (χ3v) is 7.30. The van der Waals surface area contributed by atoms with Gasteiger partial charge in [-0.05, 0) is 34.9 Å². The molecular formula is C26H23NO4S2. The lowest BCUT2D eigenvalue weighted by Gasteiger charge is -2.09. The van der Waals surface area contributed by atoms with Gasteiger partial charge in [0, 0.05) is 17.7 Å². The largest absolute Gasteiger partial charge is 0.487 e. The molecule has 33 heavy (non-hydrogen) atoms. The van der Waals surface area contributed by atoms with Gasteiger partial charge in [-0.15, -0.1) is 11.3 Å². The van der Waals surface area contributed by atoms with Gasteiger partial charge >= 0.3 is 0 Å². The highest BCUT2D eigenvalue weighted by atomic mass is 32.2. The van der Waals surface area contributed by atoms with Gasteiger partial charge in [0.05, 0.1) is 4.90 Å². The van der Waals surface area contributed by atoms with Crippen molar-refractivity contribution in [3.8, 4) is 16.2 Å². The van der Waals surface area contributed by atoms with Crippen molar-refractivity contribution in [2.24, 2.45) is 0 Å². The summed E-state index contributed by atoms with van der Waals surface area (Å²) in [5.74, 6) is 0.296. The molecule has 4 rings (SSSR count). The van der Waals surface area contributed by atoms with E-state index < -0.39 is 9.84 Å². The number of rotatable bonds is 8. The van der Waals surface area contributed by atoms with Crippen LogP contribution in [0.4, 0.5) is 0 Å². The molecule has 0 atom stereocenters. The van der Waals surface area contributed by atoms with Crippen molar-refractivity contribution < 1.29 is 17.9 Å². The maximum Gasteiger partial charge on any atom is 0.265 e. The van der Waals surface area contributed by atoms with E-state index >= 15 is 0 Å². The first-order chi connectivity index (χ1) is 15.9. The minimum Gasteiger partial charge on any atom is -0.487 e. The number of hydrogen-bond acceptors (Lipinski definition) is 5. The van der Waals surface area contributed by atoms with E-state index in [0.717, 1.165) is 21.6 Å². The van der Waals surface area contributed by atoms with Crippen LogP contribution in [0, 0.1) is 0 Å². The lowest BCUT2D eigenvalue weighted by atomic mass is 10.2. The van der Waals surface area contributed by atoms with Crippen LogP contribution in [0.5, 0.6) is 5.75 Å². The quantitative estimate of drug-likeness (QED) is 0.372. The Balaban J connectivity index is 1.52. The van der Waals surface area contributed by atoms with Crippen molar-refractivity contribution in [3.05, 3.63) is 107 Å². The molecule has 7 heteroatoms. The predicted octanol–water partition coefficient (Wildman–Crippen LogP) is 5.33. The Bertz CT molecular complexity index is 1330. The first-order valence-electron chi connectivity index (χ1n) is 10.3. The Labute approximate surface area is 197 Å². The van der Waals surface area contributed by atoms with E-state index in [2.05, 4.69) is 5.32 Å². The van der Waals surface area contributed by atoms with Crippen LogP contribution in [0.2, 0.25) is 0 Å². The number of nitrogens with one attached hydrogen (secondary N) is 1. The van der Waals surface area contributed by atoms with Crippen molar-refractivity contribution in [1.82, 2.24) is 5.32 Å². The summed E-state index contributed by atoms with van der Waals surface area (Å²) in [4.78, 5) is 14.7. The summed E-state index contributed by atoms with van der Waals surface area (Å²) in [5, 5.41) is 2.92. The zero-order chi connectivity index (χ0) is 23.3. The molecule has 0 fully saturated rings. The Morgan fingerprint density at radius 2 is 1.52 bits per heavy atom. The number of benzene rings is 3. The summed E-state index contributed by atoms with van der Waals surface area (Å²) in [6, 6.07) is 28.1. The maximum atomic E-state index is 13.0. The van der Waals surface area contributed by atoms with E-state index in [0.29, 0.717) is 17.2 Å². The number of hydrogen-bond donors (Lipinski definition) is 1. The molecule has 1 heterocycles. The summed E-state index contributed by atoms with van der Waals surface area (Å²) in [6.07, 6.45) is 1.17. The average Bonchev–Trinajstić information content (AvgIpc) is 3.27. The smallest absolute Gasteiger partial charge is 0.265 e. The molecule has 0 aliphatic heterocycles. The lowest BCUT2D eigenvalue weighted by Crippen LogP contribution is -2.22. The summed E-state index contributed by atoms with van der Waals surface area (Å²) in [5.41, 5.74) is 2.84. The number of thiophene rings is 1. The molecule has 1 aromatic heterocycles. The molecule has 3 aromatic carbocycles. The number of carbonyl (C=O) groups excluding carboxylic acids is 1. The molecule has 0 bridgehead atoms. The highest BCUT2D eigenvalue weighted by Gasteiger charge is 2.19. The average molecular weight is 478 g/mol. The summed E-state index contributed by atoms with van der Waals surface area (Å²) >= 11 is 1.38. The molecule has 4 aromatic rings. The van der Waals surface area contributed by atoms with Crippen molar-refractivity contribution >= 4 is 27.1 Å². The van der Waals surface area contributed by atoms with Crippen molar-refractivity contribution in [1.29, 1.82) is 0 Å². The van der Waals surface area contributed by atoms with Gasteiger partial charge in [0.25, 0.3) is 5.91 Å². The fourth-order valence-corrected chi connectivity index (χ4v) is 4.89. The molecule has 0 aliphatic carbocycles. The molecule has 0 spiro atoms. The molecule has 0 unspecified atom stereocenters. The maximum absolute atomic E-state index is 13.0. The predicted molar refractivity (Wildman–Crippen MR) is 131 cm³/mol. The Morgan fingerprint density at radius 3 is 2.15 bits per heavy atom. The topological polar surface area (TPSA) is 72.5 Å². The van der Waals surface area contributed by atoms with Crippen molar-refractivity contribution in [3.63, 3.8) is 0 Å². The van der Waals surface area contributed by atoms with Crippen LogP contribution in [0.15, 0.2) is 95.9 Å². The highest BCUT2D eigenvalue weighted by Crippen LogP contribution is 2.36. The third-order valence-electron chi connectivity index (χ3n) is 5.00. The molecule has 0 radical (unpaired) electrons. The first-order valence-corrected chi connectivity index (χ1v) is 13.0. The molecule has 1 N–H and O–H groups in total. The van der Waals surface area contributed by atoms with Gasteiger partial charge in [-0.3, -0.25) is 4.79 Å². The molecule has 0 aliphatic rings. The normalized spacial score (nSPS) is 11.2. The van der Waals surface area contributed by atoms with Crippen LogP contribution >= 0.6 is 11.3 Å². The van der Waals surface area contributed by atoms with Crippen LogP contribution in [0.3, 0.4) is 0 Å². The van der Waals surface area contributed by atoms with Gasteiger partial charge < -0.3 is 10.1 Å². The minimum absolute atomic E-state index is 0.238. The standard InChI is InChI=1S/C26H23NO4S2/c1-33(29,30)22-14-12-19(13-15-22)17-27-26(28)25-23(31-18-20-8-4-2-5-9-20)16-24(32-25)21-10-6-3-7-11-21/h2-16H,17-18H2,1H3,(H,27,28). The Morgan fingerprint density at radius 1 is 0.879 bits per heavy atom.